The lowest BCUT2D eigenvalue weighted by molar-refractivity contribution is 0.267. The zero-order valence-electron chi connectivity index (χ0n) is 15.6. The van der Waals surface area contributed by atoms with Gasteiger partial charge in [0.05, 0.1) is 18.1 Å². The molecule has 0 spiro atoms. The molecule has 0 radical (unpaired) electrons. The van der Waals surface area contributed by atoms with E-state index in [-0.39, 0.29) is 24.6 Å². The lowest BCUT2D eigenvalue weighted by Crippen LogP contribution is -2.36. The van der Waals surface area contributed by atoms with Gasteiger partial charge in [-0.15, -0.1) is 21.5 Å². The average molecular weight is 405 g/mol. The number of rotatable bonds is 8. The van der Waals surface area contributed by atoms with Crippen LogP contribution in [0.3, 0.4) is 0 Å². The predicted octanol–water partition coefficient (Wildman–Crippen LogP) is 3.11. The monoisotopic (exact) mass is 405 g/mol. The van der Waals surface area contributed by atoms with Crippen LogP contribution in [0.2, 0.25) is 0 Å². The number of thiazole rings is 1. The van der Waals surface area contributed by atoms with E-state index in [9.17, 15) is 8.78 Å². The molecule has 0 saturated carbocycles. The van der Waals surface area contributed by atoms with Crippen LogP contribution in [-0.2, 0) is 12.0 Å². The first-order chi connectivity index (χ1) is 13.4. The molecular weight excluding hydrogens is 384 g/mol. The maximum atomic E-state index is 14.3. The molecule has 0 unspecified atom stereocenters. The maximum absolute atomic E-state index is 14.3. The number of hydrogen-bond acceptors (Lipinski definition) is 8. The molecular formula is C18H21F2N7S. The normalized spacial score (nSPS) is 14.5. The molecule has 10 heteroatoms. The fourth-order valence-electron chi connectivity index (χ4n) is 2.95. The Morgan fingerprint density at radius 2 is 2.07 bits per heavy atom. The van der Waals surface area contributed by atoms with Crippen LogP contribution in [0.1, 0.15) is 30.8 Å². The number of nitrogens with zero attached hydrogens (tertiary/aromatic N) is 5. The van der Waals surface area contributed by atoms with Crippen LogP contribution >= 0.6 is 11.3 Å². The minimum Gasteiger partial charge on any atom is -0.352 e. The zero-order valence-corrected chi connectivity index (χ0v) is 16.4. The third-order valence-electron chi connectivity index (χ3n) is 4.23. The minimum atomic E-state index is -1.13. The van der Waals surface area contributed by atoms with Crippen molar-refractivity contribution in [2.45, 2.75) is 38.4 Å². The number of nitrogens with two attached hydrogens (primary N) is 1. The van der Waals surface area contributed by atoms with Crippen molar-refractivity contribution in [3.63, 3.8) is 0 Å². The molecule has 3 rings (SSSR count). The Morgan fingerprint density at radius 1 is 1.25 bits per heavy atom. The van der Waals surface area contributed by atoms with Crippen molar-refractivity contribution in [1.82, 2.24) is 25.1 Å². The smallest absolute Gasteiger partial charge is 0.242 e. The standard InChI is InChI=1S/C18H21F2N7S/c1-11(19)6-18(2,15-13(20)4-3-5-22-15)10-25-17-24-9-14(26-27-17)16-23-8-12(7-21)28-16/h3-5,8-9,11H,6-7,10,21H2,1-2H3,(H,24,25,27)/t11-,18-/m1/s1. The molecule has 7 nitrogen and oxygen atoms in total. The second-order valence-corrected chi connectivity index (χ2v) is 7.85. The molecule has 0 aliphatic rings. The van der Waals surface area contributed by atoms with Crippen molar-refractivity contribution in [3.8, 4) is 10.7 Å². The van der Waals surface area contributed by atoms with Crippen LogP contribution in [0.4, 0.5) is 14.7 Å². The minimum absolute atomic E-state index is 0.0976. The van der Waals surface area contributed by atoms with Gasteiger partial charge in [0.1, 0.15) is 16.5 Å². The molecule has 0 saturated heterocycles. The van der Waals surface area contributed by atoms with E-state index in [2.05, 4.69) is 30.5 Å². The van der Waals surface area contributed by atoms with Crippen LogP contribution in [-0.4, -0.2) is 37.9 Å². The molecule has 2 atom stereocenters. The summed E-state index contributed by atoms with van der Waals surface area (Å²) in [4.78, 5) is 13.5. The fraction of sp³-hybridized carbons (Fsp3) is 0.389. The van der Waals surface area contributed by atoms with Crippen molar-refractivity contribution in [1.29, 1.82) is 0 Å². The molecule has 28 heavy (non-hydrogen) atoms. The van der Waals surface area contributed by atoms with Crippen molar-refractivity contribution in [2.75, 3.05) is 11.9 Å². The highest BCUT2D eigenvalue weighted by molar-refractivity contribution is 7.14. The zero-order chi connectivity index (χ0) is 20.1. The molecule has 148 valence electrons. The lowest BCUT2D eigenvalue weighted by Gasteiger charge is -2.30. The molecule has 0 aliphatic carbocycles. The Kier molecular flexibility index (Phi) is 6.20. The summed E-state index contributed by atoms with van der Waals surface area (Å²) in [7, 11) is 0. The van der Waals surface area contributed by atoms with Crippen molar-refractivity contribution in [2.24, 2.45) is 5.73 Å². The summed E-state index contributed by atoms with van der Waals surface area (Å²) in [5.41, 5.74) is 5.44. The van der Waals surface area contributed by atoms with Gasteiger partial charge in [-0.3, -0.25) is 4.98 Å². The highest BCUT2D eigenvalue weighted by atomic mass is 32.1. The maximum Gasteiger partial charge on any atom is 0.242 e. The number of hydrogen-bond donors (Lipinski definition) is 2. The van der Waals surface area contributed by atoms with Gasteiger partial charge < -0.3 is 11.1 Å². The van der Waals surface area contributed by atoms with Gasteiger partial charge in [-0.1, -0.05) is 6.92 Å². The summed E-state index contributed by atoms with van der Waals surface area (Å²) in [6.45, 7) is 3.81. The van der Waals surface area contributed by atoms with E-state index in [0.717, 1.165) is 4.88 Å². The van der Waals surface area contributed by atoms with Crippen LogP contribution < -0.4 is 11.1 Å². The number of nitrogens with one attached hydrogen (secondary N) is 1. The number of anilines is 1. The molecule has 3 aromatic heterocycles. The fourth-order valence-corrected chi connectivity index (χ4v) is 3.69. The SMILES string of the molecule is C[C@@H](F)C[C@](C)(CNc1ncc(-c2ncc(CN)s2)nn1)c1ncccc1F. The van der Waals surface area contributed by atoms with Gasteiger partial charge in [-0.25, -0.2) is 18.7 Å². The second-order valence-electron chi connectivity index (χ2n) is 6.74. The summed E-state index contributed by atoms with van der Waals surface area (Å²) < 4.78 is 28.0. The quantitative estimate of drug-likeness (QED) is 0.594. The predicted molar refractivity (Wildman–Crippen MR) is 104 cm³/mol. The van der Waals surface area contributed by atoms with Crippen molar-refractivity contribution in [3.05, 3.63) is 47.1 Å². The Bertz CT molecular complexity index is 916. The molecule has 3 N–H and O–H groups in total. The van der Waals surface area contributed by atoms with Gasteiger partial charge in [-0.2, -0.15) is 0 Å². The molecule has 3 aromatic rings. The summed E-state index contributed by atoms with van der Waals surface area (Å²) in [6, 6.07) is 2.83. The van der Waals surface area contributed by atoms with E-state index in [4.69, 9.17) is 5.73 Å². The van der Waals surface area contributed by atoms with E-state index in [1.807, 2.05) is 0 Å². The van der Waals surface area contributed by atoms with E-state index >= 15 is 0 Å². The van der Waals surface area contributed by atoms with E-state index in [0.29, 0.717) is 17.2 Å². The van der Waals surface area contributed by atoms with Crippen LogP contribution in [0.5, 0.6) is 0 Å². The van der Waals surface area contributed by atoms with E-state index < -0.39 is 17.4 Å². The van der Waals surface area contributed by atoms with Gasteiger partial charge in [0.25, 0.3) is 0 Å². The van der Waals surface area contributed by atoms with Crippen LogP contribution in [0.15, 0.2) is 30.7 Å². The second kappa shape index (κ2) is 8.61. The number of alkyl halides is 1. The Morgan fingerprint density at radius 3 is 2.68 bits per heavy atom. The van der Waals surface area contributed by atoms with Gasteiger partial charge in [-0.05, 0) is 25.5 Å². The van der Waals surface area contributed by atoms with Gasteiger partial charge >= 0.3 is 0 Å². The Hall–Kier alpha value is -2.59. The van der Waals surface area contributed by atoms with Crippen molar-refractivity contribution < 1.29 is 8.78 Å². The molecule has 0 fully saturated rings. The summed E-state index contributed by atoms with van der Waals surface area (Å²) in [5.74, 6) is -0.213. The molecule has 0 amide bonds. The highest BCUT2D eigenvalue weighted by Crippen LogP contribution is 2.30. The topological polar surface area (TPSA) is 102 Å². The molecule has 0 bridgehead atoms. The van der Waals surface area contributed by atoms with Crippen LogP contribution in [0.25, 0.3) is 10.7 Å². The molecule has 0 aliphatic heterocycles. The van der Waals surface area contributed by atoms with E-state index in [1.165, 1.54) is 36.6 Å². The number of pyridine rings is 1. The first kappa shape index (κ1) is 20.2. The van der Waals surface area contributed by atoms with Gasteiger partial charge in [0.2, 0.25) is 5.95 Å². The van der Waals surface area contributed by atoms with Gasteiger partial charge in [0, 0.05) is 35.8 Å². The molecule has 3 heterocycles. The highest BCUT2D eigenvalue weighted by Gasteiger charge is 2.33. The summed E-state index contributed by atoms with van der Waals surface area (Å²) in [5, 5.41) is 11.9. The summed E-state index contributed by atoms with van der Waals surface area (Å²) in [6.07, 6.45) is 3.71. The van der Waals surface area contributed by atoms with Crippen molar-refractivity contribution >= 4 is 17.3 Å². The first-order valence-electron chi connectivity index (χ1n) is 8.75. The lowest BCUT2D eigenvalue weighted by atomic mass is 9.81. The summed E-state index contributed by atoms with van der Waals surface area (Å²) >= 11 is 1.42. The Balaban J connectivity index is 1.75. The van der Waals surface area contributed by atoms with Crippen LogP contribution in [0, 0.1) is 5.82 Å². The molecule has 0 aromatic carbocycles. The first-order valence-corrected chi connectivity index (χ1v) is 9.57. The Labute approximate surface area is 165 Å². The largest absolute Gasteiger partial charge is 0.352 e. The van der Waals surface area contributed by atoms with E-state index in [1.54, 1.807) is 19.3 Å². The average Bonchev–Trinajstić information content (AvgIpc) is 3.16. The number of aromatic nitrogens is 5. The third-order valence-corrected chi connectivity index (χ3v) is 5.28. The van der Waals surface area contributed by atoms with Gasteiger partial charge in [0.15, 0.2) is 0 Å². The number of halogens is 2. The third kappa shape index (κ3) is 4.63.